The lowest BCUT2D eigenvalue weighted by molar-refractivity contribution is -0.107. The molecule has 1 saturated heterocycles. The number of hydrogen-bond donors (Lipinski definition) is 1. The van der Waals surface area contributed by atoms with Crippen molar-refractivity contribution in [2.75, 3.05) is 20.3 Å². The molecule has 0 saturated carbocycles. The summed E-state index contributed by atoms with van der Waals surface area (Å²) in [5.74, 6) is -1.27. The predicted octanol–water partition coefficient (Wildman–Crippen LogP) is 6.40. The number of nitrogens with zero attached hydrogens (tertiary/aromatic N) is 1. The first-order valence-electron chi connectivity index (χ1n) is 13.7. The lowest BCUT2D eigenvalue weighted by Gasteiger charge is -2.39. The highest BCUT2D eigenvalue weighted by molar-refractivity contribution is 6.30. The van der Waals surface area contributed by atoms with Gasteiger partial charge < -0.3 is 19.4 Å². The number of halogens is 3. The van der Waals surface area contributed by atoms with Crippen molar-refractivity contribution >= 4 is 35.4 Å². The van der Waals surface area contributed by atoms with Crippen LogP contribution in [0.15, 0.2) is 54.6 Å². The molecule has 1 fully saturated rings. The van der Waals surface area contributed by atoms with Crippen LogP contribution < -0.4 is 0 Å². The van der Waals surface area contributed by atoms with E-state index in [1.165, 1.54) is 18.1 Å². The van der Waals surface area contributed by atoms with E-state index in [-0.39, 0.29) is 30.0 Å². The molecule has 1 amide bonds. The molecule has 0 unspecified atom stereocenters. The van der Waals surface area contributed by atoms with Crippen LogP contribution in [0, 0.1) is 11.7 Å². The van der Waals surface area contributed by atoms with Crippen molar-refractivity contribution in [3.63, 3.8) is 0 Å². The minimum atomic E-state index is -1.64. The highest BCUT2D eigenvalue weighted by atomic mass is 35.5. The third-order valence-corrected chi connectivity index (χ3v) is 9.04. The van der Waals surface area contributed by atoms with Gasteiger partial charge in [0.2, 0.25) is 0 Å². The highest BCUT2D eigenvalue weighted by Gasteiger charge is 2.54. The van der Waals surface area contributed by atoms with Crippen LogP contribution in [-0.4, -0.2) is 42.5 Å². The van der Waals surface area contributed by atoms with Crippen molar-refractivity contribution in [1.82, 2.24) is 4.90 Å². The molecule has 6 nitrogen and oxygen atoms in total. The Morgan fingerprint density at radius 1 is 1.10 bits per heavy atom. The molecule has 2 atom stereocenters. The molecule has 3 aromatic carbocycles. The van der Waals surface area contributed by atoms with Gasteiger partial charge in [-0.2, -0.15) is 0 Å². The molecule has 5 rings (SSSR count). The van der Waals surface area contributed by atoms with E-state index in [9.17, 15) is 14.7 Å². The third kappa shape index (κ3) is 5.08. The SMILES string of the molecule is CC[C@@](O)(c1cc(F)c2c(c1)C(=O)N(Cc1ccc(Cl)cc1CC=O)[C@@]2(OC)c1ccc(Cl)cc1)C1CCOCC1. The van der Waals surface area contributed by atoms with E-state index in [1.807, 2.05) is 6.92 Å². The average molecular weight is 601 g/mol. The Kier molecular flexibility index (Phi) is 8.56. The summed E-state index contributed by atoms with van der Waals surface area (Å²) in [4.78, 5) is 27.2. The van der Waals surface area contributed by atoms with Crippen LogP contribution in [0.3, 0.4) is 0 Å². The monoisotopic (exact) mass is 599 g/mol. The maximum atomic E-state index is 16.5. The molecule has 216 valence electrons. The summed E-state index contributed by atoms with van der Waals surface area (Å²) in [6, 6.07) is 14.8. The Labute approximate surface area is 249 Å². The molecule has 0 aliphatic carbocycles. The topological polar surface area (TPSA) is 76.1 Å². The fraction of sp³-hybridized carbons (Fsp3) is 0.375. The van der Waals surface area contributed by atoms with Gasteiger partial charge in [-0.1, -0.05) is 48.3 Å². The molecule has 0 spiro atoms. The summed E-state index contributed by atoms with van der Waals surface area (Å²) in [5, 5.41) is 12.8. The smallest absolute Gasteiger partial charge is 0.257 e. The van der Waals surface area contributed by atoms with Crippen molar-refractivity contribution < 1.29 is 28.6 Å². The van der Waals surface area contributed by atoms with Crippen molar-refractivity contribution in [2.24, 2.45) is 5.92 Å². The molecule has 0 radical (unpaired) electrons. The number of benzene rings is 3. The van der Waals surface area contributed by atoms with E-state index in [2.05, 4.69) is 0 Å². The van der Waals surface area contributed by atoms with Crippen molar-refractivity contribution in [3.05, 3.63) is 104 Å². The van der Waals surface area contributed by atoms with Crippen LogP contribution >= 0.6 is 23.2 Å². The normalized spacial score (nSPS) is 20.6. The molecule has 2 aliphatic heterocycles. The van der Waals surface area contributed by atoms with E-state index in [0.717, 1.165) is 6.29 Å². The highest BCUT2D eigenvalue weighted by Crippen LogP contribution is 2.49. The Hall–Kier alpha value is -2.81. The molecular formula is C32H32Cl2FNO5. The molecule has 2 aliphatic rings. The number of ether oxygens (including phenoxy) is 2. The summed E-state index contributed by atoms with van der Waals surface area (Å²) < 4.78 is 28.1. The summed E-state index contributed by atoms with van der Waals surface area (Å²) in [7, 11) is 1.43. The van der Waals surface area contributed by atoms with Crippen LogP contribution in [0.25, 0.3) is 0 Å². The number of methoxy groups -OCH3 is 1. The quantitative estimate of drug-likeness (QED) is 0.288. The van der Waals surface area contributed by atoms with E-state index < -0.39 is 23.1 Å². The second-order valence-corrected chi connectivity index (χ2v) is 11.4. The maximum absolute atomic E-state index is 16.5. The zero-order valence-electron chi connectivity index (χ0n) is 23.0. The second kappa shape index (κ2) is 11.8. The average Bonchev–Trinajstić information content (AvgIpc) is 3.23. The standard InChI is InChI=1S/C32H32Cl2FNO5/c1-3-31(39,22-11-14-41-15-12-22)24-17-27-29(28(35)18-24)32(40-2,23-5-8-25(33)9-6-23)36(30(27)38)19-21-4-7-26(34)16-20(21)10-13-37/h4-9,13,16-18,22,39H,3,10-12,14-15,19H2,1-2H3/t31-,32+/m0/s1. The van der Waals surface area contributed by atoms with E-state index in [4.69, 9.17) is 32.7 Å². The fourth-order valence-corrected chi connectivity index (χ4v) is 6.71. The minimum absolute atomic E-state index is 0.0110. The van der Waals surface area contributed by atoms with Crippen molar-refractivity contribution in [3.8, 4) is 0 Å². The maximum Gasteiger partial charge on any atom is 0.257 e. The molecule has 1 N–H and O–H groups in total. The molecule has 3 aromatic rings. The number of amides is 1. The molecule has 0 bridgehead atoms. The van der Waals surface area contributed by atoms with E-state index >= 15 is 4.39 Å². The predicted molar refractivity (Wildman–Crippen MR) is 154 cm³/mol. The number of aliphatic hydroxyl groups is 1. The van der Waals surface area contributed by atoms with Crippen LogP contribution in [0.2, 0.25) is 10.0 Å². The number of fused-ring (bicyclic) bond motifs is 1. The Morgan fingerprint density at radius 3 is 2.41 bits per heavy atom. The van der Waals surface area contributed by atoms with Gasteiger partial charge in [0.05, 0.1) is 16.7 Å². The first kappa shape index (κ1) is 29.7. The van der Waals surface area contributed by atoms with Gasteiger partial charge in [0.1, 0.15) is 12.1 Å². The van der Waals surface area contributed by atoms with Gasteiger partial charge in [0.15, 0.2) is 5.72 Å². The lowest BCUT2D eigenvalue weighted by Crippen LogP contribution is -2.46. The summed E-state index contributed by atoms with van der Waals surface area (Å²) >= 11 is 12.4. The zero-order chi connectivity index (χ0) is 29.4. The summed E-state index contributed by atoms with van der Waals surface area (Å²) in [6.07, 6.45) is 2.48. The van der Waals surface area contributed by atoms with Gasteiger partial charge in [-0.05, 0) is 78.3 Å². The second-order valence-electron chi connectivity index (χ2n) is 10.6. The van der Waals surface area contributed by atoms with E-state index in [1.54, 1.807) is 48.5 Å². The Bertz CT molecular complexity index is 1460. The third-order valence-electron chi connectivity index (χ3n) is 8.55. The largest absolute Gasteiger partial charge is 0.385 e. The Morgan fingerprint density at radius 2 is 1.78 bits per heavy atom. The van der Waals surface area contributed by atoms with Crippen molar-refractivity contribution in [1.29, 1.82) is 0 Å². The van der Waals surface area contributed by atoms with Crippen LogP contribution in [0.4, 0.5) is 4.39 Å². The summed E-state index contributed by atoms with van der Waals surface area (Å²) in [6.45, 7) is 2.90. The van der Waals surface area contributed by atoms with Crippen LogP contribution in [-0.2, 0) is 38.6 Å². The molecule has 2 heterocycles. The van der Waals surface area contributed by atoms with Gasteiger partial charge >= 0.3 is 0 Å². The fourth-order valence-electron chi connectivity index (χ4n) is 6.38. The van der Waals surface area contributed by atoms with Gasteiger partial charge in [-0.3, -0.25) is 9.69 Å². The van der Waals surface area contributed by atoms with Gasteiger partial charge in [-0.25, -0.2) is 4.39 Å². The molecular weight excluding hydrogens is 568 g/mol. The minimum Gasteiger partial charge on any atom is -0.385 e. The number of carbonyl (C=O) groups is 2. The number of rotatable bonds is 9. The molecule has 41 heavy (non-hydrogen) atoms. The van der Waals surface area contributed by atoms with Crippen LogP contribution in [0.1, 0.15) is 64.4 Å². The van der Waals surface area contributed by atoms with E-state index in [0.29, 0.717) is 64.8 Å². The Balaban J connectivity index is 1.70. The van der Waals surface area contributed by atoms with Gasteiger partial charge in [0, 0.05) is 48.9 Å². The molecule has 0 aromatic heterocycles. The number of carbonyl (C=O) groups excluding carboxylic acids is 2. The first-order valence-corrected chi connectivity index (χ1v) is 14.4. The van der Waals surface area contributed by atoms with Gasteiger partial charge in [-0.15, -0.1) is 0 Å². The van der Waals surface area contributed by atoms with Gasteiger partial charge in [0.25, 0.3) is 5.91 Å². The number of hydrogen-bond acceptors (Lipinski definition) is 5. The van der Waals surface area contributed by atoms with Crippen LogP contribution in [0.5, 0.6) is 0 Å². The number of aldehydes is 1. The summed E-state index contributed by atoms with van der Waals surface area (Å²) in [5.41, 5.74) is -0.618. The zero-order valence-corrected chi connectivity index (χ0v) is 24.5. The molecule has 9 heteroatoms. The first-order chi connectivity index (χ1) is 19.7. The van der Waals surface area contributed by atoms with Crippen molar-refractivity contribution in [2.45, 2.75) is 50.5 Å². The lowest BCUT2D eigenvalue weighted by atomic mass is 9.74.